The van der Waals surface area contributed by atoms with Gasteiger partial charge in [0.05, 0.1) is 0 Å². The maximum atomic E-state index is 8.88. The van der Waals surface area contributed by atoms with Crippen molar-refractivity contribution >= 4 is 18.2 Å². The first-order chi connectivity index (χ1) is 1.91. The molecule has 0 atom stereocenters. The van der Waals surface area contributed by atoms with E-state index in [0.29, 0.717) is 0 Å². The molecule has 0 saturated carbocycles. The second-order valence-electron chi connectivity index (χ2n) is 0.203. The molecule has 23 valence electrons. The van der Waals surface area contributed by atoms with Crippen LogP contribution in [0.2, 0.25) is 0 Å². The fraction of sp³-hybridized carbons (Fsp3) is 0. The first kappa shape index (κ1) is 3.76. The third kappa shape index (κ3) is 1.76. The van der Waals surface area contributed by atoms with Crippen molar-refractivity contribution < 1.29 is 4.79 Å². The van der Waals surface area contributed by atoms with Gasteiger partial charge >= 0.3 is 0 Å². The van der Waals surface area contributed by atoms with Crippen molar-refractivity contribution in [3.63, 3.8) is 0 Å². The van der Waals surface area contributed by atoms with E-state index in [-0.39, 0.29) is 6.41 Å². The number of nitrogens with zero attached hydrogens (tertiary/aromatic N) is 1. The van der Waals surface area contributed by atoms with Crippen molar-refractivity contribution in [1.29, 1.82) is 0 Å². The van der Waals surface area contributed by atoms with Gasteiger partial charge in [-0.15, -0.1) is 4.84 Å². The van der Waals surface area contributed by atoms with Crippen LogP contribution >= 0.6 is 11.8 Å². The van der Waals surface area contributed by atoms with Crippen LogP contribution in [0.15, 0.2) is 0 Å². The fourth-order valence-corrected chi connectivity index (χ4v) is 0. The summed E-state index contributed by atoms with van der Waals surface area (Å²) in [4.78, 5) is 11.4. The molecule has 1 amide bonds. The van der Waals surface area contributed by atoms with Gasteiger partial charge in [-0.3, -0.25) is 4.79 Å². The number of carbonyl (C=O) groups is 1. The number of carbonyl (C=O) groups excluding carboxylic acids is 1. The summed E-state index contributed by atoms with van der Waals surface area (Å²) in [6.45, 7) is 0. The van der Waals surface area contributed by atoms with Gasteiger partial charge in [0, 0.05) is 11.8 Å². The van der Waals surface area contributed by atoms with Gasteiger partial charge in [0.2, 0.25) is 6.41 Å². The van der Waals surface area contributed by atoms with Crippen LogP contribution in [-0.2, 0) is 4.79 Å². The molecule has 0 aromatic heterocycles. The van der Waals surface area contributed by atoms with Gasteiger partial charge < -0.3 is 0 Å². The van der Waals surface area contributed by atoms with E-state index in [2.05, 4.69) is 16.6 Å². The Hall–Kier alpha value is -0.240. The summed E-state index contributed by atoms with van der Waals surface area (Å²) in [5.74, 6) is 0. The van der Waals surface area contributed by atoms with E-state index in [1.165, 1.54) is 0 Å². The van der Waals surface area contributed by atoms with Crippen molar-refractivity contribution in [2.45, 2.75) is 0 Å². The number of rotatable bonds is 1. The molecule has 0 aromatic rings. The molecule has 0 aliphatic heterocycles. The van der Waals surface area contributed by atoms with Crippen molar-refractivity contribution in [2.75, 3.05) is 0 Å². The summed E-state index contributed by atoms with van der Waals surface area (Å²) in [5.41, 5.74) is 0. The average molecular weight is 78.5 g/mol. The maximum Gasteiger partial charge on any atom is 0.244 e. The molecular formula is CHClNO. The zero-order valence-corrected chi connectivity index (χ0v) is 2.57. The lowest BCUT2D eigenvalue weighted by Crippen LogP contribution is -1.75. The monoisotopic (exact) mass is 78.0 g/mol. The molecule has 0 rings (SSSR count). The Balaban J connectivity index is 2.30. The lowest BCUT2D eigenvalue weighted by molar-refractivity contribution is -0.108. The molecule has 0 unspecified atom stereocenters. The van der Waals surface area contributed by atoms with Crippen LogP contribution in [0.1, 0.15) is 0 Å². The quantitative estimate of drug-likeness (QED) is 0.403. The zero-order chi connectivity index (χ0) is 3.41. The van der Waals surface area contributed by atoms with E-state index in [0.717, 1.165) is 0 Å². The Morgan fingerprint density at radius 3 is 2.25 bits per heavy atom. The lowest BCUT2D eigenvalue weighted by Gasteiger charge is -1.52. The first-order valence-electron chi connectivity index (χ1n) is 0.663. The van der Waals surface area contributed by atoms with Crippen LogP contribution in [0.5, 0.6) is 0 Å². The van der Waals surface area contributed by atoms with Gasteiger partial charge in [-0.1, -0.05) is 0 Å². The third-order valence-electron chi connectivity index (χ3n) is 0.0398. The number of amides is 1. The molecule has 0 heterocycles. The van der Waals surface area contributed by atoms with Gasteiger partial charge in [-0.05, 0) is 0 Å². The Labute approximate surface area is 28.9 Å². The van der Waals surface area contributed by atoms with Crippen LogP contribution in [0.3, 0.4) is 0 Å². The highest BCUT2D eigenvalue weighted by Crippen LogP contribution is 1.48. The average Bonchev–Trinajstić information content (AvgIpc) is 1.37. The van der Waals surface area contributed by atoms with Crippen LogP contribution in [0.25, 0.3) is 0 Å². The summed E-state index contributed by atoms with van der Waals surface area (Å²) < 4.78 is 0. The van der Waals surface area contributed by atoms with Crippen LogP contribution < -0.4 is 4.84 Å². The molecule has 4 heavy (non-hydrogen) atoms. The molecule has 2 nitrogen and oxygen atoms in total. The Bertz CT molecular complexity index is 22.0. The minimum absolute atomic E-state index is 0.265. The van der Waals surface area contributed by atoms with Gasteiger partial charge in [-0.25, -0.2) is 0 Å². The molecule has 0 aromatic carbocycles. The highest BCUT2D eigenvalue weighted by atomic mass is 35.5. The van der Waals surface area contributed by atoms with Gasteiger partial charge in [-0.2, -0.15) is 0 Å². The lowest BCUT2D eigenvalue weighted by atomic mass is 11.5. The van der Waals surface area contributed by atoms with E-state index in [1.54, 1.807) is 0 Å². The molecular weight excluding hydrogens is 77.5 g/mol. The highest BCUT2D eigenvalue weighted by Gasteiger charge is 1.53. The molecule has 0 fully saturated rings. The van der Waals surface area contributed by atoms with Crippen LogP contribution in [0, 0.1) is 0 Å². The minimum atomic E-state index is 0.265. The second kappa shape index (κ2) is 2.76. The predicted octanol–water partition coefficient (Wildman–Crippen LogP) is -0.0990. The van der Waals surface area contributed by atoms with Crippen molar-refractivity contribution in [2.24, 2.45) is 0 Å². The smallest absolute Gasteiger partial charge is 0.244 e. The fourth-order valence-electron chi connectivity index (χ4n) is 0. The Kier molecular flexibility index (Phi) is 2.59. The van der Waals surface area contributed by atoms with Crippen LogP contribution in [0.4, 0.5) is 0 Å². The van der Waals surface area contributed by atoms with Crippen molar-refractivity contribution in [1.82, 2.24) is 4.84 Å². The summed E-state index contributed by atoms with van der Waals surface area (Å²) in [7, 11) is 0. The van der Waals surface area contributed by atoms with E-state index in [1.807, 2.05) is 0 Å². The molecule has 0 aliphatic rings. The Morgan fingerprint density at radius 2 is 2.25 bits per heavy atom. The van der Waals surface area contributed by atoms with Crippen molar-refractivity contribution in [3.8, 4) is 0 Å². The number of halogens is 1. The van der Waals surface area contributed by atoms with Gasteiger partial charge in [0.25, 0.3) is 0 Å². The van der Waals surface area contributed by atoms with E-state index in [4.69, 9.17) is 4.79 Å². The second-order valence-corrected chi connectivity index (χ2v) is 0.398. The molecule has 0 spiro atoms. The molecule has 3 heteroatoms. The maximum absolute atomic E-state index is 8.88. The van der Waals surface area contributed by atoms with Crippen molar-refractivity contribution in [3.05, 3.63) is 0 Å². The first-order valence-corrected chi connectivity index (χ1v) is 1.00. The highest BCUT2D eigenvalue weighted by molar-refractivity contribution is 6.17. The molecule has 0 aliphatic carbocycles. The van der Waals surface area contributed by atoms with E-state index in [9.17, 15) is 0 Å². The van der Waals surface area contributed by atoms with Gasteiger partial charge in [0.15, 0.2) is 0 Å². The molecule has 0 N–H and O–H groups in total. The zero-order valence-electron chi connectivity index (χ0n) is 1.81. The molecule has 1 radical (unpaired) electrons. The van der Waals surface area contributed by atoms with Gasteiger partial charge in [0.1, 0.15) is 0 Å². The largest absolute Gasteiger partial charge is 0.275 e. The molecule has 0 saturated heterocycles. The van der Waals surface area contributed by atoms with E-state index >= 15 is 0 Å². The molecule has 0 bridgehead atoms. The van der Waals surface area contributed by atoms with Crippen LogP contribution in [-0.4, -0.2) is 6.41 Å². The Morgan fingerprint density at radius 1 is 2.00 bits per heavy atom. The summed E-state index contributed by atoms with van der Waals surface area (Å²) in [5, 5.41) is 0. The number of hydrogen-bond acceptors (Lipinski definition) is 1. The number of hydrogen-bond donors (Lipinski definition) is 0. The van der Waals surface area contributed by atoms with E-state index < -0.39 is 0 Å². The standard InChI is InChI=1S/CHClNO/c2-3-1-4/h1H. The minimum Gasteiger partial charge on any atom is -0.275 e. The SMILES string of the molecule is O=C[N]Cl. The topological polar surface area (TPSA) is 31.2 Å². The summed E-state index contributed by atoms with van der Waals surface area (Å²) >= 11 is 4.44. The summed E-state index contributed by atoms with van der Waals surface area (Å²) in [6.07, 6.45) is 0.265. The predicted molar refractivity (Wildman–Crippen MR) is 14.1 cm³/mol. The third-order valence-corrected chi connectivity index (χ3v) is 0.120. The normalized spacial score (nSPS) is 5.25. The summed E-state index contributed by atoms with van der Waals surface area (Å²) in [6, 6.07) is 0.